The summed E-state index contributed by atoms with van der Waals surface area (Å²) in [6.45, 7) is 0. The minimum absolute atomic E-state index is 0.242. The predicted molar refractivity (Wildman–Crippen MR) is 85.8 cm³/mol. The molecule has 0 radical (unpaired) electrons. The normalized spacial score (nSPS) is 12.0. The van der Waals surface area contributed by atoms with Crippen molar-refractivity contribution < 1.29 is 26.0 Å². The van der Waals surface area contributed by atoms with E-state index in [4.69, 9.17) is 18.0 Å². The van der Waals surface area contributed by atoms with E-state index >= 15 is 0 Å². The second kappa shape index (κ2) is 6.74. The number of rotatable bonds is 3. The Morgan fingerprint density at radius 2 is 1.92 bits per heavy atom. The molecule has 26 heavy (non-hydrogen) atoms. The summed E-state index contributed by atoms with van der Waals surface area (Å²) < 4.78 is 77.2. The number of terminal acetylenes is 1. The van der Waals surface area contributed by atoms with Crippen molar-refractivity contribution in [2.24, 2.45) is 7.05 Å². The average molecular weight is 409 g/mol. The molecular weight excluding hydrogens is 400 g/mol. The van der Waals surface area contributed by atoms with E-state index in [-0.39, 0.29) is 6.07 Å². The highest BCUT2D eigenvalue weighted by molar-refractivity contribution is 7.91. The highest BCUT2D eigenvalue weighted by atomic mass is 35.5. The Kier molecular flexibility index (Phi) is 5.17. The molecule has 2 rings (SSSR count). The molecule has 0 saturated carbocycles. The monoisotopic (exact) mass is 408 g/mol. The van der Waals surface area contributed by atoms with Gasteiger partial charge in [0.05, 0.1) is 9.92 Å². The van der Waals surface area contributed by atoms with Gasteiger partial charge in [0, 0.05) is 18.7 Å². The maximum atomic E-state index is 14.2. The summed E-state index contributed by atoms with van der Waals surface area (Å²) in [4.78, 5) is 11.4. The zero-order valence-electron chi connectivity index (χ0n) is 12.9. The number of halogens is 5. The Balaban J connectivity index is 2.77. The molecule has 0 aliphatic heterocycles. The predicted octanol–water partition coefficient (Wildman–Crippen LogP) is 2.67. The quantitative estimate of drug-likeness (QED) is 0.445. The van der Waals surface area contributed by atoms with Crippen molar-refractivity contribution in [1.82, 2.24) is 9.78 Å². The molecule has 2 aromatic rings. The standard InChI is InChI=1S/C15H9ClF4N2O3S/c1-3-4-26(24,25)12-5-8(10(17)6-9(12)16)14-11(23)7-13(15(18,19)20)22(2)21-14/h1,5-7H,4H2,2H3. The van der Waals surface area contributed by atoms with Gasteiger partial charge in [-0.1, -0.05) is 17.5 Å². The fourth-order valence-corrected chi connectivity index (χ4v) is 3.66. The molecule has 0 aliphatic carbocycles. The summed E-state index contributed by atoms with van der Waals surface area (Å²) in [6.07, 6.45) is 0.116. The molecule has 0 saturated heterocycles. The molecule has 0 unspecified atom stereocenters. The molecule has 0 atom stereocenters. The lowest BCUT2D eigenvalue weighted by atomic mass is 10.1. The van der Waals surface area contributed by atoms with Gasteiger partial charge in [-0.2, -0.15) is 18.3 Å². The van der Waals surface area contributed by atoms with Crippen molar-refractivity contribution in [3.8, 4) is 23.6 Å². The molecule has 0 N–H and O–H groups in total. The SMILES string of the molecule is C#CCS(=O)(=O)c1cc(-c2nn(C)c(C(F)(F)F)cc2=O)c(F)cc1Cl. The van der Waals surface area contributed by atoms with Crippen molar-refractivity contribution in [3.63, 3.8) is 0 Å². The van der Waals surface area contributed by atoms with Crippen LogP contribution < -0.4 is 5.43 Å². The van der Waals surface area contributed by atoms with Gasteiger partial charge in [0.15, 0.2) is 9.84 Å². The van der Waals surface area contributed by atoms with Gasteiger partial charge in [-0.25, -0.2) is 12.8 Å². The zero-order chi connectivity index (χ0) is 19.9. The molecule has 0 spiro atoms. The Morgan fingerprint density at radius 1 is 1.31 bits per heavy atom. The summed E-state index contributed by atoms with van der Waals surface area (Å²) in [5.41, 5.74) is -3.90. The van der Waals surface area contributed by atoms with Gasteiger partial charge >= 0.3 is 6.18 Å². The Bertz CT molecular complexity index is 1090. The molecule has 1 aromatic carbocycles. The second-order valence-electron chi connectivity index (χ2n) is 5.09. The fourth-order valence-electron chi connectivity index (χ4n) is 2.13. The van der Waals surface area contributed by atoms with E-state index in [0.717, 1.165) is 13.1 Å². The highest BCUT2D eigenvalue weighted by Crippen LogP contribution is 2.31. The maximum absolute atomic E-state index is 14.2. The van der Waals surface area contributed by atoms with E-state index in [9.17, 15) is 30.8 Å². The number of benzene rings is 1. The lowest BCUT2D eigenvalue weighted by Gasteiger charge is -2.13. The van der Waals surface area contributed by atoms with Gasteiger partial charge in [0.2, 0.25) is 5.43 Å². The number of aromatic nitrogens is 2. The third kappa shape index (κ3) is 3.73. The van der Waals surface area contributed by atoms with Gasteiger partial charge in [-0.3, -0.25) is 9.48 Å². The van der Waals surface area contributed by atoms with Crippen LogP contribution in [0.4, 0.5) is 17.6 Å². The van der Waals surface area contributed by atoms with E-state index in [0.29, 0.717) is 10.7 Å². The Morgan fingerprint density at radius 3 is 2.46 bits per heavy atom. The summed E-state index contributed by atoms with van der Waals surface area (Å²) in [7, 11) is -3.18. The number of sulfone groups is 1. The first-order chi connectivity index (χ1) is 11.9. The molecule has 5 nitrogen and oxygen atoms in total. The minimum atomic E-state index is -4.85. The van der Waals surface area contributed by atoms with E-state index in [1.165, 1.54) is 0 Å². The number of alkyl halides is 3. The van der Waals surface area contributed by atoms with Gasteiger partial charge in [0.1, 0.15) is 23.0 Å². The third-order valence-electron chi connectivity index (χ3n) is 3.28. The molecular formula is C15H9ClF4N2O3S. The first kappa shape index (κ1) is 19.9. The van der Waals surface area contributed by atoms with Crippen molar-refractivity contribution in [3.05, 3.63) is 45.0 Å². The number of aryl methyl sites for hydroxylation is 1. The van der Waals surface area contributed by atoms with E-state index in [1.54, 1.807) is 0 Å². The smallest absolute Gasteiger partial charge is 0.287 e. The van der Waals surface area contributed by atoms with Crippen LogP contribution in [0.25, 0.3) is 11.3 Å². The first-order valence-corrected chi connectivity index (χ1v) is 8.72. The molecule has 11 heteroatoms. The van der Waals surface area contributed by atoms with Gasteiger partial charge in [-0.05, 0) is 12.1 Å². The third-order valence-corrected chi connectivity index (χ3v) is 5.25. The summed E-state index contributed by atoms with van der Waals surface area (Å²) >= 11 is 5.73. The van der Waals surface area contributed by atoms with Crippen LogP contribution >= 0.6 is 11.6 Å². The van der Waals surface area contributed by atoms with Crippen LogP contribution in [0.5, 0.6) is 0 Å². The van der Waals surface area contributed by atoms with Crippen molar-refractivity contribution in [2.75, 3.05) is 5.75 Å². The summed E-state index contributed by atoms with van der Waals surface area (Å²) in [5.74, 6) is 0.0395. The van der Waals surface area contributed by atoms with Crippen LogP contribution in [-0.4, -0.2) is 24.0 Å². The van der Waals surface area contributed by atoms with E-state index < -0.39 is 59.9 Å². The van der Waals surface area contributed by atoms with Crippen LogP contribution in [0, 0.1) is 18.2 Å². The van der Waals surface area contributed by atoms with E-state index in [1.807, 2.05) is 5.92 Å². The van der Waals surface area contributed by atoms with Gasteiger partial charge in [-0.15, -0.1) is 6.42 Å². The molecule has 138 valence electrons. The topological polar surface area (TPSA) is 69.0 Å². The molecule has 1 aromatic heterocycles. The highest BCUT2D eigenvalue weighted by Gasteiger charge is 2.35. The lowest BCUT2D eigenvalue weighted by molar-refractivity contribution is -0.144. The number of hydrogen-bond acceptors (Lipinski definition) is 4. The average Bonchev–Trinajstić information content (AvgIpc) is 2.48. The summed E-state index contributed by atoms with van der Waals surface area (Å²) in [5, 5.41) is 2.95. The van der Waals surface area contributed by atoms with Crippen molar-refractivity contribution in [2.45, 2.75) is 11.1 Å². The molecule has 0 fully saturated rings. The van der Waals surface area contributed by atoms with Crippen molar-refractivity contribution >= 4 is 21.4 Å². The number of hydrogen-bond donors (Lipinski definition) is 0. The first-order valence-electron chi connectivity index (χ1n) is 6.69. The van der Waals surface area contributed by atoms with Crippen LogP contribution in [0.2, 0.25) is 5.02 Å². The van der Waals surface area contributed by atoms with Gasteiger partial charge < -0.3 is 0 Å². The minimum Gasteiger partial charge on any atom is -0.287 e. The van der Waals surface area contributed by atoms with E-state index in [2.05, 4.69) is 5.10 Å². The van der Waals surface area contributed by atoms with Crippen LogP contribution in [0.1, 0.15) is 5.69 Å². The maximum Gasteiger partial charge on any atom is 0.433 e. The Labute approximate surface area is 150 Å². The van der Waals surface area contributed by atoms with Crippen LogP contribution in [-0.2, 0) is 23.1 Å². The second-order valence-corrected chi connectivity index (χ2v) is 7.45. The Hall–Kier alpha value is -2.38. The van der Waals surface area contributed by atoms with Gasteiger partial charge in [0.25, 0.3) is 0 Å². The molecule has 0 amide bonds. The fraction of sp³-hybridized carbons (Fsp3) is 0.200. The largest absolute Gasteiger partial charge is 0.433 e. The number of nitrogens with zero attached hydrogens (tertiary/aromatic N) is 2. The molecule has 0 aliphatic rings. The molecule has 1 heterocycles. The lowest BCUT2D eigenvalue weighted by Crippen LogP contribution is -2.23. The summed E-state index contributed by atoms with van der Waals surface area (Å²) in [6, 6.07) is 1.59. The zero-order valence-corrected chi connectivity index (χ0v) is 14.5. The molecule has 0 bridgehead atoms. The van der Waals surface area contributed by atoms with Crippen LogP contribution in [0.3, 0.4) is 0 Å². The van der Waals surface area contributed by atoms with Crippen LogP contribution in [0.15, 0.2) is 27.9 Å². The van der Waals surface area contributed by atoms with Crippen molar-refractivity contribution in [1.29, 1.82) is 0 Å².